The Morgan fingerprint density at radius 3 is 2.94 bits per heavy atom. The van der Waals surface area contributed by atoms with E-state index in [1.165, 1.54) is 18.4 Å². The first-order valence-corrected chi connectivity index (χ1v) is 6.63. The molecule has 0 saturated heterocycles. The summed E-state index contributed by atoms with van der Waals surface area (Å²) < 4.78 is 4.61. The molecule has 0 atom stereocenters. The van der Waals surface area contributed by atoms with Gasteiger partial charge in [-0.3, -0.25) is 4.79 Å². The summed E-state index contributed by atoms with van der Waals surface area (Å²) in [6, 6.07) is 5.82. The Kier molecular flexibility index (Phi) is 3.99. The van der Waals surface area contributed by atoms with Crippen LogP contribution in [0.25, 0.3) is 10.6 Å². The van der Waals surface area contributed by atoms with E-state index in [4.69, 9.17) is 11.6 Å². The zero-order valence-corrected chi connectivity index (χ0v) is 11.6. The van der Waals surface area contributed by atoms with Crippen LogP contribution in [-0.4, -0.2) is 18.1 Å². The van der Waals surface area contributed by atoms with Gasteiger partial charge in [-0.25, -0.2) is 4.98 Å². The first-order valence-electron chi connectivity index (χ1n) is 5.38. The van der Waals surface area contributed by atoms with Gasteiger partial charge >= 0.3 is 5.97 Å². The second-order valence-corrected chi connectivity index (χ2v) is 5.13. The highest BCUT2D eigenvalue weighted by molar-refractivity contribution is 7.13. The summed E-state index contributed by atoms with van der Waals surface area (Å²) in [7, 11) is 1.37. The number of rotatable bonds is 3. The molecule has 0 aliphatic rings. The molecule has 2 rings (SSSR count). The fourth-order valence-corrected chi connectivity index (χ4v) is 2.46. The van der Waals surface area contributed by atoms with Crippen molar-refractivity contribution in [3.05, 3.63) is 39.9 Å². The zero-order valence-electron chi connectivity index (χ0n) is 10.1. The van der Waals surface area contributed by atoms with Crippen molar-refractivity contribution in [2.24, 2.45) is 0 Å². The molecule has 0 amide bonds. The molecule has 0 fully saturated rings. The number of aromatic nitrogens is 1. The number of hydrogen-bond acceptors (Lipinski definition) is 4. The van der Waals surface area contributed by atoms with Crippen LogP contribution in [0, 0.1) is 6.92 Å². The van der Waals surface area contributed by atoms with Crippen LogP contribution in [0.2, 0.25) is 5.02 Å². The van der Waals surface area contributed by atoms with Gasteiger partial charge in [0.05, 0.1) is 19.2 Å². The van der Waals surface area contributed by atoms with E-state index in [0.717, 1.165) is 26.9 Å². The molecule has 5 heteroatoms. The molecule has 1 aromatic carbocycles. The smallest absolute Gasteiger partial charge is 0.311 e. The maximum Gasteiger partial charge on any atom is 0.311 e. The van der Waals surface area contributed by atoms with E-state index in [9.17, 15) is 4.79 Å². The Morgan fingerprint density at radius 2 is 2.28 bits per heavy atom. The molecule has 3 nitrogen and oxygen atoms in total. The fraction of sp³-hybridized carbons (Fsp3) is 0.231. The first-order chi connectivity index (χ1) is 8.60. The summed E-state index contributed by atoms with van der Waals surface area (Å²) in [5, 5.41) is 3.44. The number of esters is 1. The fourth-order valence-electron chi connectivity index (χ4n) is 1.47. The van der Waals surface area contributed by atoms with E-state index >= 15 is 0 Å². The van der Waals surface area contributed by atoms with Crippen molar-refractivity contribution >= 4 is 28.9 Å². The molecule has 1 aromatic heterocycles. The molecule has 0 spiro atoms. The van der Waals surface area contributed by atoms with E-state index < -0.39 is 0 Å². The van der Waals surface area contributed by atoms with Crippen molar-refractivity contribution in [1.29, 1.82) is 0 Å². The van der Waals surface area contributed by atoms with Crippen LogP contribution in [0.15, 0.2) is 23.6 Å². The van der Waals surface area contributed by atoms with Gasteiger partial charge in [0.2, 0.25) is 0 Å². The van der Waals surface area contributed by atoms with Crippen LogP contribution < -0.4 is 0 Å². The number of nitrogens with zero attached hydrogens (tertiary/aromatic N) is 1. The molecule has 0 N–H and O–H groups in total. The highest BCUT2D eigenvalue weighted by Gasteiger charge is 2.09. The Labute approximate surface area is 114 Å². The van der Waals surface area contributed by atoms with E-state index in [-0.39, 0.29) is 12.4 Å². The summed E-state index contributed by atoms with van der Waals surface area (Å²) in [5.74, 6) is -0.284. The maximum absolute atomic E-state index is 11.1. The van der Waals surface area contributed by atoms with Crippen molar-refractivity contribution in [3.8, 4) is 10.6 Å². The predicted octanol–water partition coefficient (Wildman–Crippen LogP) is 3.49. The predicted molar refractivity (Wildman–Crippen MR) is 73.0 cm³/mol. The van der Waals surface area contributed by atoms with Gasteiger partial charge in [-0.15, -0.1) is 11.3 Å². The lowest BCUT2D eigenvalue weighted by atomic mass is 10.1. The third-order valence-corrected chi connectivity index (χ3v) is 3.87. The molecule has 1 heterocycles. The van der Waals surface area contributed by atoms with E-state index in [1.807, 2.05) is 30.5 Å². The summed E-state index contributed by atoms with van der Waals surface area (Å²) >= 11 is 7.57. The van der Waals surface area contributed by atoms with Crippen molar-refractivity contribution in [3.63, 3.8) is 0 Å². The number of thiazole rings is 1. The summed E-state index contributed by atoms with van der Waals surface area (Å²) in [4.78, 5) is 15.5. The van der Waals surface area contributed by atoms with Crippen molar-refractivity contribution < 1.29 is 9.53 Å². The largest absolute Gasteiger partial charge is 0.469 e. The molecule has 0 saturated carbocycles. The number of carbonyl (C=O) groups is 1. The quantitative estimate of drug-likeness (QED) is 0.809. The van der Waals surface area contributed by atoms with Crippen molar-refractivity contribution in [2.45, 2.75) is 13.3 Å². The average molecular weight is 282 g/mol. The minimum atomic E-state index is -0.284. The van der Waals surface area contributed by atoms with Crippen molar-refractivity contribution in [2.75, 3.05) is 7.11 Å². The molecule has 2 aromatic rings. The Hall–Kier alpha value is -1.39. The second kappa shape index (κ2) is 5.50. The van der Waals surface area contributed by atoms with Gasteiger partial charge in [-0.05, 0) is 18.6 Å². The minimum absolute atomic E-state index is 0.201. The Morgan fingerprint density at radius 1 is 1.50 bits per heavy atom. The van der Waals surface area contributed by atoms with Crippen LogP contribution in [0.5, 0.6) is 0 Å². The molecular formula is C13H12ClNO2S. The number of ether oxygens (including phenoxy) is 1. The maximum atomic E-state index is 11.1. The molecular weight excluding hydrogens is 270 g/mol. The Bertz CT molecular complexity index is 580. The van der Waals surface area contributed by atoms with Crippen molar-refractivity contribution in [1.82, 2.24) is 4.98 Å². The SMILES string of the molecule is COC(=O)Cc1csc(-c2ccc(C)c(Cl)c2)n1. The zero-order chi connectivity index (χ0) is 13.1. The summed E-state index contributed by atoms with van der Waals surface area (Å²) in [6.45, 7) is 1.96. The normalized spacial score (nSPS) is 10.4. The average Bonchev–Trinajstić information content (AvgIpc) is 2.81. The molecule has 0 bridgehead atoms. The molecule has 0 radical (unpaired) electrons. The van der Waals surface area contributed by atoms with Gasteiger partial charge in [-0.1, -0.05) is 23.7 Å². The number of halogens is 1. The lowest BCUT2D eigenvalue weighted by Gasteiger charge is -2.00. The van der Waals surface area contributed by atoms with Gasteiger partial charge < -0.3 is 4.74 Å². The van der Waals surface area contributed by atoms with E-state index in [1.54, 1.807) is 0 Å². The van der Waals surface area contributed by atoms with Crippen LogP contribution in [0.3, 0.4) is 0 Å². The topological polar surface area (TPSA) is 39.2 Å². The number of carbonyl (C=O) groups excluding carboxylic acids is 1. The summed E-state index contributed by atoms with van der Waals surface area (Å²) in [5.41, 5.74) is 2.72. The van der Waals surface area contributed by atoms with Gasteiger partial charge in [0.1, 0.15) is 5.01 Å². The number of aryl methyl sites for hydroxylation is 1. The van der Waals surface area contributed by atoms with Gasteiger partial charge in [0.15, 0.2) is 0 Å². The highest BCUT2D eigenvalue weighted by Crippen LogP contribution is 2.28. The Balaban J connectivity index is 2.23. The highest BCUT2D eigenvalue weighted by atomic mass is 35.5. The number of hydrogen-bond donors (Lipinski definition) is 0. The van der Waals surface area contributed by atoms with Gasteiger partial charge in [0, 0.05) is 16.0 Å². The minimum Gasteiger partial charge on any atom is -0.469 e. The monoisotopic (exact) mass is 281 g/mol. The van der Waals surface area contributed by atoms with Crippen LogP contribution in [0.4, 0.5) is 0 Å². The second-order valence-electron chi connectivity index (χ2n) is 3.86. The third-order valence-electron chi connectivity index (χ3n) is 2.52. The van der Waals surface area contributed by atoms with Crippen LogP contribution >= 0.6 is 22.9 Å². The number of methoxy groups -OCH3 is 1. The van der Waals surface area contributed by atoms with Crippen LogP contribution in [0.1, 0.15) is 11.3 Å². The molecule has 0 aliphatic heterocycles. The van der Waals surface area contributed by atoms with E-state index in [0.29, 0.717) is 0 Å². The molecule has 18 heavy (non-hydrogen) atoms. The lowest BCUT2D eigenvalue weighted by molar-refractivity contribution is -0.139. The van der Waals surface area contributed by atoms with Gasteiger partial charge in [0.25, 0.3) is 0 Å². The first kappa shape index (κ1) is 13.1. The van der Waals surface area contributed by atoms with Gasteiger partial charge in [-0.2, -0.15) is 0 Å². The summed E-state index contributed by atoms with van der Waals surface area (Å²) in [6.07, 6.45) is 0.201. The third kappa shape index (κ3) is 2.89. The molecule has 0 aliphatic carbocycles. The van der Waals surface area contributed by atoms with Crippen LogP contribution in [-0.2, 0) is 16.0 Å². The van der Waals surface area contributed by atoms with E-state index in [2.05, 4.69) is 9.72 Å². The number of benzene rings is 1. The molecule has 94 valence electrons. The lowest BCUT2D eigenvalue weighted by Crippen LogP contribution is -2.04. The molecule has 0 unspecified atom stereocenters. The standard InChI is InChI=1S/C13H12ClNO2S/c1-8-3-4-9(5-11(8)14)13-15-10(7-18-13)6-12(16)17-2/h3-5,7H,6H2,1-2H3.